The van der Waals surface area contributed by atoms with Gasteiger partial charge in [0.05, 0.1) is 12.0 Å². The Kier molecular flexibility index (Phi) is 12.2. The molecule has 5 nitrogen and oxygen atoms in total. The number of carbonyl (C=O) groups is 2. The zero-order valence-electron chi connectivity index (χ0n) is 24.2. The first kappa shape index (κ1) is 32.1. The van der Waals surface area contributed by atoms with E-state index in [1.54, 1.807) is 0 Å². The van der Waals surface area contributed by atoms with Gasteiger partial charge in [0.2, 0.25) is 0 Å². The molecule has 0 saturated heterocycles. The maximum atomic E-state index is 13.4. The third-order valence-electron chi connectivity index (χ3n) is 6.92. The number of amides is 1. The predicted molar refractivity (Wildman–Crippen MR) is 163 cm³/mol. The molecule has 0 aromatic heterocycles. The van der Waals surface area contributed by atoms with E-state index in [-0.39, 0.29) is 18.9 Å². The first-order valence-electron chi connectivity index (χ1n) is 13.4. The minimum Gasteiger partial charge on any atom is -0.548 e. The van der Waals surface area contributed by atoms with E-state index in [2.05, 4.69) is 59.6 Å². The van der Waals surface area contributed by atoms with Crippen molar-refractivity contribution in [2.75, 3.05) is 16.9 Å². The van der Waals surface area contributed by atoms with Gasteiger partial charge >= 0.3 is 18.9 Å². The molecule has 0 unspecified atom stereocenters. The zero-order valence-corrected chi connectivity index (χ0v) is 25.0. The number of anilines is 1. The standard InChI is InChI=1S/C34H36N2O3S.Li/c1-24-10-9-14-28(20-24)36(22-26-12-5-4-6-13-26)23-27-16-17-30(31(21-27)29-15-8-7-11-25(29)2)33(37)35-32(34(38)39)18-19-40-3;/h4-17,20-21,32H,18-19,22-23H2,1-3H3,(H,35,37)(H,38,39);/q;+1/p-1/t32-;/m0./s1. The Bertz CT molecular complexity index is 1460. The van der Waals surface area contributed by atoms with E-state index in [1.165, 1.54) is 22.9 Å². The Balaban J connectivity index is 0.00000462. The summed E-state index contributed by atoms with van der Waals surface area (Å²) in [7, 11) is 0. The van der Waals surface area contributed by atoms with Crippen LogP contribution in [-0.4, -0.2) is 29.9 Å². The van der Waals surface area contributed by atoms with Gasteiger partial charge in [-0.1, -0.05) is 72.8 Å². The Morgan fingerprint density at radius 1 is 0.829 bits per heavy atom. The van der Waals surface area contributed by atoms with Crippen molar-refractivity contribution < 1.29 is 33.6 Å². The number of aliphatic carboxylic acids is 1. The maximum absolute atomic E-state index is 13.4. The molecule has 4 aromatic carbocycles. The number of hydrogen-bond donors (Lipinski definition) is 1. The van der Waals surface area contributed by atoms with Gasteiger partial charge in [0.1, 0.15) is 0 Å². The van der Waals surface area contributed by atoms with E-state index in [0.29, 0.717) is 24.3 Å². The van der Waals surface area contributed by atoms with Crippen molar-refractivity contribution in [2.24, 2.45) is 0 Å². The SMILES string of the molecule is CSCC[C@H](NC(=O)c1ccc(CN(Cc2ccccc2)c2cccc(C)c2)cc1-c1ccccc1C)C(=O)[O-].[Li+]. The minimum absolute atomic E-state index is 0. The number of benzene rings is 4. The van der Waals surface area contributed by atoms with Gasteiger partial charge in [0.15, 0.2) is 0 Å². The molecule has 1 N–H and O–H groups in total. The number of carboxylic acids is 1. The van der Waals surface area contributed by atoms with Crippen molar-refractivity contribution >= 4 is 29.3 Å². The van der Waals surface area contributed by atoms with Crippen molar-refractivity contribution in [3.05, 3.63) is 125 Å². The van der Waals surface area contributed by atoms with Crippen LogP contribution in [0.25, 0.3) is 11.1 Å². The monoisotopic (exact) mass is 558 g/mol. The van der Waals surface area contributed by atoms with Crippen LogP contribution in [0, 0.1) is 13.8 Å². The van der Waals surface area contributed by atoms with Crippen LogP contribution < -0.4 is 34.2 Å². The van der Waals surface area contributed by atoms with Gasteiger partial charge in [-0.05, 0) is 89.9 Å². The topological polar surface area (TPSA) is 72.5 Å². The van der Waals surface area contributed by atoms with Crippen molar-refractivity contribution in [2.45, 2.75) is 39.4 Å². The molecule has 0 heterocycles. The van der Waals surface area contributed by atoms with E-state index < -0.39 is 17.9 Å². The van der Waals surface area contributed by atoms with Crippen LogP contribution in [0.5, 0.6) is 0 Å². The van der Waals surface area contributed by atoms with Gasteiger partial charge in [-0.3, -0.25) is 4.79 Å². The van der Waals surface area contributed by atoms with Gasteiger partial charge in [0.25, 0.3) is 5.91 Å². The molecule has 4 aromatic rings. The summed E-state index contributed by atoms with van der Waals surface area (Å²) in [5.41, 5.74) is 7.75. The number of carbonyl (C=O) groups excluding carboxylic acids is 2. The van der Waals surface area contributed by atoms with Crippen LogP contribution in [0.4, 0.5) is 5.69 Å². The van der Waals surface area contributed by atoms with Gasteiger partial charge in [-0.2, -0.15) is 11.8 Å². The molecule has 0 saturated carbocycles. The van der Waals surface area contributed by atoms with Crippen LogP contribution in [-0.2, 0) is 17.9 Å². The van der Waals surface area contributed by atoms with Gasteiger partial charge < -0.3 is 20.1 Å². The number of rotatable bonds is 12. The first-order valence-corrected chi connectivity index (χ1v) is 14.8. The summed E-state index contributed by atoms with van der Waals surface area (Å²) in [6, 6.07) is 31.5. The minimum atomic E-state index is -1.27. The maximum Gasteiger partial charge on any atom is 1.00 e. The molecule has 0 aliphatic heterocycles. The Morgan fingerprint density at radius 3 is 2.22 bits per heavy atom. The van der Waals surface area contributed by atoms with Gasteiger partial charge in [-0.25, -0.2) is 0 Å². The molecule has 41 heavy (non-hydrogen) atoms. The summed E-state index contributed by atoms with van der Waals surface area (Å²) in [5, 5.41) is 14.4. The second-order valence-electron chi connectivity index (χ2n) is 10.0. The molecule has 7 heteroatoms. The summed E-state index contributed by atoms with van der Waals surface area (Å²) >= 11 is 1.53. The number of nitrogens with one attached hydrogen (secondary N) is 1. The van der Waals surface area contributed by atoms with E-state index in [0.717, 1.165) is 34.5 Å². The quantitative estimate of drug-likeness (QED) is 0.271. The molecule has 1 amide bonds. The molecule has 0 aliphatic rings. The molecule has 206 valence electrons. The van der Waals surface area contributed by atoms with Gasteiger partial charge in [-0.15, -0.1) is 0 Å². The average molecular weight is 559 g/mol. The first-order chi connectivity index (χ1) is 19.4. The zero-order chi connectivity index (χ0) is 28.5. The van der Waals surface area contributed by atoms with Crippen LogP contribution in [0.3, 0.4) is 0 Å². The molecular weight excluding hydrogens is 523 g/mol. The van der Waals surface area contributed by atoms with E-state index in [9.17, 15) is 14.7 Å². The van der Waals surface area contributed by atoms with Crippen LogP contribution in [0.1, 0.15) is 39.0 Å². The van der Waals surface area contributed by atoms with Gasteiger partial charge in [0, 0.05) is 24.3 Å². The third kappa shape index (κ3) is 8.77. The predicted octanol–water partition coefficient (Wildman–Crippen LogP) is 2.78. The molecule has 1 atom stereocenters. The van der Waals surface area contributed by atoms with Crippen LogP contribution >= 0.6 is 11.8 Å². The summed E-state index contributed by atoms with van der Waals surface area (Å²) in [4.78, 5) is 27.5. The second-order valence-corrected chi connectivity index (χ2v) is 11.0. The number of aryl methyl sites for hydroxylation is 2. The van der Waals surface area contributed by atoms with E-state index in [4.69, 9.17) is 0 Å². The van der Waals surface area contributed by atoms with Crippen molar-refractivity contribution in [3.63, 3.8) is 0 Å². The summed E-state index contributed by atoms with van der Waals surface area (Å²) in [6.07, 6.45) is 2.21. The molecule has 0 aliphatic carbocycles. The summed E-state index contributed by atoms with van der Waals surface area (Å²) in [6.45, 7) is 5.47. The second kappa shape index (κ2) is 15.5. The van der Waals surface area contributed by atoms with E-state index >= 15 is 0 Å². The van der Waals surface area contributed by atoms with Crippen LogP contribution in [0.15, 0.2) is 97.1 Å². The Hall–Kier alpha value is -3.43. The van der Waals surface area contributed by atoms with E-state index in [1.807, 2.05) is 67.8 Å². The molecule has 4 rings (SSSR count). The van der Waals surface area contributed by atoms with Crippen molar-refractivity contribution in [3.8, 4) is 11.1 Å². The molecular formula is C34H35LiN2O3S. The normalized spacial score (nSPS) is 11.3. The number of hydrogen-bond acceptors (Lipinski definition) is 5. The summed E-state index contributed by atoms with van der Waals surface area (Å²) in [5.74, 6) is -1.08. The number of nitrogens with zero attached hydrogens (tertiary/aromatic N) is 1. The fourth-order valence-electron chi connectivity index (χ4n) is 4.79. The number of carboxylic acid groups (broad SMARTS) is 1. The van der Waals surface area contributed by atoms with Crippen LogP contribution in [0.2, 0.25) is 0 Å². The van der Waals surface area contributed by atoms with Crippen molar-refractivity contribution in [1.29, 1.82) is 0 Å². The third-order valence-corrected chi connectivity index (χ3v) is 7.56. The molecule has 0 radical (unpaired) electrons. The molecule has 0 fully saturated rings. The number of thioether (sulfide) groups is 1. The fourth-order valence-corrected chi connectivity index (χ4v) is 5.27. The molecule has 0 bridgehead atoms. The molecule has 0 spiro atoms. The van der Waals surface area contributed by atoms with Crippen molar-refractivity contribution in [1.82, 2.24) is 5.32 Å². The Labute approximate surface area is 259 Å². The Morgan fingerprint density at radius 2 is 1.54 bits per heavy atom. The largest absolute Gasteiger partial charge is 1.00 e. The fraction of sp³-hybridized carbons (Fsp3) is 0.235. The average Bonchev–Trinajstić information content (AvgIpc) is 2.95. The summed E-state index contributed by atoms with van der Waals surface area (Å²) < 4.78 is 0. The smallest absolute Gasteiger partial charge is 0.548 e.